The van der Waals surface area contributed by atoms with Crippen molar-refractivity contribution < 1.29 is 0 Å². The quantitative estimate of drug-likeness (QED) is 0.563. The molecule has 0 bridgehead atoms. The van der Waals surface area contributed by atoms with Crippen LogP contribution in [0.3, 0.4) is 0 Å². The monoisotopic (exact) mass is 344 g/mol. The maximum Gasteiger partial charge on any atom is 0.0477 e. The molecule has 0 heterocycles. The smallest absolute Gasteiger partial charge is 0.0477 e. The highest BCUT2D eigenvalue weighted by Gasteiger charge is 1.99. The molecule has 0 N–H and O–H groups in total. The molecule has 0 unspecified atom stereocenters. The molecule has 0 nitrogen and oxygen atoms in total. The van der Waals surface area contributed by atoms with Crippen molar-refractivity contribution in [3.05, 3.63) is 32.9 Å². The summed E-state index contributed by atoms with van der Waals surface area (Å²) in [5, 5.41) is 0.881. The lowest BCUT2D eigenvalue weighted by Gasteiger charge is -2.03. The lowest BCUT2D eigenvalue weighted by Crippen LogP contribution is -1.88. The van der Waals surface area contributed by atoms with Gasteiger partial charge in [-0.3, -0.25) is 0 Å². The van der Waals surface area contributed by atoms with E-state index in [0.717, 1.165) is 5.33 Å². The van der Waals surface area contributed by atoms with Gasteiger partial charge in [-0.15, -0.1) is 11.6 Å². The third-order valence-corrected chi connectivity index (χ3v) is 3.02. The zero-order chi connectivity index (χ0) is 8.27. The molecule has 0 aliphatic rings. The molecule has 0 amide bonds. The van der Waals surface area contributed by atoms with Gasteiger partial charge in [0.1, 0.15) is 0 Å². The fourth-order valence-corrected chi connectivity index (χ4v) is 2.20. The lowest BCUT2D eigenvalue weighted by molar-refractivity contribution is 1.27. The average Bonchev–Trinajstić information content (AvgIpc) is 2.04. The van der Waals surface area contributed by atoms with Gasteiger partial charge in [0, 0.05) is 14.8 Å². The fourth-order valence-electron chi connectivity index (χ4n) is 0.849. The number of alkyl halides is 2. The van der Waals surface area contributed by atoms with E-state index in [2.05, 4.69) is 56.7 Å². The minimum Gasteiger partial charge on any atom is -0.122 e. The molecule has 0 fully saturated rings. The molecule has 0 saturated heterocycles. The summed E-state index contributed by atoms with van der Waals surface area (Å²) in [4.78, 5) is 0. The van der Waals surface area contributed by atoms with Crippen molar-refractivity contribution in [2.24, 2.45) is 0 Å². The van der Waals surface area contributed by atoms with Crippen LogP contribution in [0.25, 0.3) is 0 Å². The molecule has 60 valence electrons. The summed E-state index contributed by atoms with van der Waals surface area (Å²) in [6, 6.07) is 6.31. The van der Waals surface area contributed by atoms with E-state index in [0.29, 0.717) is 5.88 Å². The highest BCUT2D eigenvalue weighted by Crippen LogP contribution is 2.17. The molecule has 0 aliphatic heterocycles. The van der Waals surface area contributed by atoms with Gasteiger partial charge in [-0.05, 0) is 45.9 Å². The van der Waals surface area contributed by atoms with Gasteiger partial charge in [0.15, 0.2) is 0 Å². The van der Waals surface area contributed by atoms with E-state index >= 15 is 0 Å². The summed E-state index contributed by atoms with van der Waals surface area (Å²) in [5.41, 5.74) is 2.50. The number of halogens is 3. The van der Waals surface area contributed by atoms with Gasteiger partial charge in [0.2, 0.25) is 0 Å². The van der Waals surface area contributed by atoms with Crippen LogP contribution >= 0.6 is 50.1 Å². The summed E-state index contributed by atoms with van der Waals surface area (Å²) in [7, 11) is 0. The summed E-state index contributed by atoms with van der Waals surface area (Å²) in [6.45, 7) is 0. The molecule has 0 radical (unpaired) electrons. The number of rotatable bonds is 2. The van der Waals surface area contributed by atoms with Crippen molar-refractivity contribution in [3.8, 4) is 0 Å². The SMILES string of the molecule is ClCc1cc(I)ccc1CBr. The Morgan fingerprint density at radius 3 is 2.64 bits per heavy atom. The molecule has 0 saturated carbocycles. The Bertz CT molecular complexity index is 250. The molecule has 1 aromatic rings. The predicted molar refractivity (Wildman–Crippen MR) is 61.3 cm³/mol. The van der Waals surface area contributed by atoms with Crippen LogP contribution in [0, 0.1) is 3.57 Å². The van der Waals surface area contributed by atoms with Crippen molar-refractivity contribution in [2.75, 3.05) is 0 Å². The first kappa shape index (κ1) is 9.81. The van der Waals surface area contributed by atoms with E-state index in [4.69, 9.17) is 11.6 Å². The molecule has 0 aromatic heterocycles. The molecule has 0 aliphatic carbocycles. The maximum atomic E-state index is 5.76. The number of hydrogen-bond donors (Lipinski definition) is 0. The van der Waals surface area contributed by atoms with Crippen LogP contribution in [0.4, 0.5) is 0 Å². The summed E-state index contributed by atoms with van der Waals surface area (Å²) >= 11 is 11.5. The second-order valence-electron chi connectivity index (χ2n) is 2.18. The third kappa shape index (κ3) is 2.60. The molecular weight excluding hydrogens is 338 g/mol. The number of hydrogen-bond acceptors (Lipinski definition) is 0. The zero-order valence-corrected chi connectivity index (χ0v) is 10.3. The topological polar surface area (TPSA) is 0 Å². The van der Waals surface area contributed by atoms with Crippen molar-refractivity contribution in [1.82, 2.24) is 0 Å². The summed E-state index contributed by atoms with van der Waals surface area (Å²) in [5.74, 6) is 0.595. The van der Waals surface area contributed by atoms with Crippen LogP contribution in [0.1, 0.15) is 11.1 Å². The van der Waals surface area contributed by atoms with Crippen LogP contribution in [-0.2, 0) is 11.2 Å². The molecule has 0 atom stereocenters. The largest absolute Gasteiger partial charge is 0.122 e. The Labute approximate surface area is 93.6 Å². The van der Waals surface area contributed by atoms with Crippen molar-refractivity contribution >= 4 is 50.1 Å². The second-order valence-corrected chi connectivity index (χ2v) is 4.25. The molecule has 0 spiro atoms. The Balaban J connectivity index is 3.06. The normalized spacial score (nSPS) is 10.1. The van der Waals surface area contributed by atoms with E-state index in [9.17, 15) is 0 Å². The first-order valence-electron chi connectivity index (χ1n) is 3.17. The maximum absolute atomic E-state index is 5.76. The minimum atomic E-state index is 0.595. The van der Waals surface area contributed by atoms with E-state index < -0.39 is 0 Å². The van der Waals surface area contributed by atoms with E-state index in [1.165, 1.54) is 14.7 Å². The number of benzene rings is 1. The Kier molecular flexibility index (Phi) is 4.17. The van der Waals surface area contributed by atoms with Gasteiger partial charge in [-0.2, -0.15) is 0 Å². The van der Waals surface area contributed by atoms with E-state index in [1.54, 1.807) is 0 Å². The van der Waals surface area contributed by atoms with Gasteiger partial charge >= 0.3 is 0 Å². The van der Waals surface area contributed by atoms with E-state index in [1.807, 2.05) is 0 Å². The van der Waals surface area contributed by atoms with E-state index in [-0.39, 0.29) is 0 Å². The van der Waals surface area contributed by atoms with Crippen molar-refractivity contribution in [1.29, 1.82) is 0 Å². The van der Waals surface area contributed by atoms with Crippen LogP contribution in [0.5, 0.6) is 0 Å². The fraction of sp³-hybridized carbons (Fsp3) is 0.250. The highest BCUT2D eigenvalue weighted by atomic mass is 127. The van der Waals surface area contributed by atoms with Gasteiger partial charge in [0.05, 0.1) is 0 Å². The predicted octanol–water partition coefficient (Wildman–Crippen LogP) is 3.92. The molecule has 11 heavy (non-hydrogen) atoms. The Morgan fingerprint density at radius 2 is 2.09 bits per heavy atom. The molecular formula is C8H7BrClI. The minimum absolute atomic E-state index is 0.595. The van der Waals surface area contributed by atoms with Crippen molar-refractivity contribution in [2.45, 2.75) is 11.2 Å². The highest BCUT2D eigenvalue weighted by molar-refractivity contribution is 14.1. The van der Waals surface area contributed by atoms with Gasteiger partial charge < -0.3 is 0 Å². The Morgan fingerprint density at radius 1 is 1.36 bits per heavy atom. The Hall–Kier alpha value is 0.720. The second kappa shape index (κ2) is 4.67. The molecule has 1 rings (SSSR count). The van der Waals surface area contributed by atoms with Gasteiger partial charge in [-0.1, -0.05) is 22.0 Å². The first-order valence-corrected chi connectivity index (χ1v) is 5.90. The molecule has 3 heteroatoms. The van der Waals surface area contributed by atoms with Crippen LogP contribution in [0.2, 0.25) is 0 Å². The average molecular weight is 345 g/mol. The summed E-state index contributed by atoms with van der Waals surface area (Å²) < 4.78 is 1.24. The van der Waals surface area contributed by atoms with Gasteiger partial charge in [0.25, 0.3) is 0 Å². The molecule has 1 aromatic carbocycles. The van der Waals surface area contributed by atoms with Crippen LogP contribution < -0.4 is 0 Å². The van der Waals surface area contributed by atoms with Crippen LogP contribution in [-0.4, -0.2) is 0 Å². The van der Waals surface area contributed by atoms with Crippen molar-refractivity contribution in [3.63, 3.8) is 0 Å². The third-order valence-electron chi connectivity index (χ3n) is 1.46. The zero-order valence-electron chi connectivity index (χ0n) is 5.78. The lowest BCUT2D eigenvalue weighted by atomic mass is 10.1. The summed E-state index contributed by atoms with van der Waals surface area (Å²) in [6.07, 6.45) is 0. The van der Waals surface area contributed by atoms with Gasteiger partial charge in [-0.25, -0.2) is 0 Å². The van der Waals surface area contributed by atoms with Crippen LogP contribution in [0.15, 0.2) is 18.2 Å². The standard InChI is InChI=1S/C8H7BrClI/c9-4-6-1-2-8(11)3-7(6)5-10/h1-3H,4-5H2. The first-order chi connectivity index (χ1) is 5.27.